The van der Waals surface area contributed by atoms with Gasteiger partial charge in [0.25, 0.3) is 0 Å². The lowest BCUT2D eigenvalue weighted by molar-refractivity contribution is -0.116. The van der Waals surface area contributed by atoms with Crippen LogP contribution in [0.15, 0.2) is 30.3 Å². The number of fused-ring (bicyclic) bond motifs is 1. The van der Waals surface area contributed by atoms with E-state index in [1.165, 1.54) is 6.08 Å². The molecule has 0 radical (unpaired) electrons. The molecule has 0 aliphatic carbocycles. The zero-order valence-electron chi connectivity index (χ0n) is 18.6. The summed E-state index contributed by atoms with van der Waals surface area (Å²) in [5.74, 6) is 3.07. The third-order valence-corrected chi connectivity index (χ3v) is 4.98. The molecule has 1 atom stereocenters. The number of methoxy groups -OCH3 is 3. The maximum absolute atomic E-state index is 12.5. The van der Waals surface area contributed by atoms with Crippen molar-refractivity contribution in [3.63, 3.8) is 0 Å². The maximum atomic E-state index is 12.5. The molecule has 1 heterocycles. The monoisotopic (exact) mass is 427 g/mol. The molecular weight excluding hydrogens is 398 g/mol. The SMILES string of the molecule is CCOc1cc2c(cc1/C=C/C(=O)NCc1cc(OC)c(OC)cc1OC)O[C@H](C)C2. The highest BCUT2D eigenvalue weighted by Gasteiger charge is 2.21. The normalized spacial score (nSPS) is 14.7. The van der Waals surface area contributed by atoms with Crippen LogP contribution in [0.1, 0.15) is 30.5 Å². The zero-order chi connectivity index (χ0) is 22.4. The second-order valence-corrected chi connectivity index (χ2v) is 7.13. The van der Waals surface area contributed by atoms with E-state index in [-0.39, 0.29) is 18.6 Å². The Morgan fingerprint density at radius 1 is 1.06 bits per heavy atom. The first-order valence-electron chi connectivity index (χ1n) is 10.2. The molecule has 0 spiro atoms. The summed E-state index contributed by atoms with van der Waals surface area (Å²) in [6.07, 6.45) is 4.21. The highest BCUT2D eigenvalue weighted by Crippen LogP contribution is 2.36. The van der Waals surface area contributed by atoms with Crippen LogP contribution < -0.4 is 29.0 Å². The molecule has 1 aliphatic rings. The minimum atomic E-state index is -0.242. The summed E-state index contributed by atoms with van der Waals surface area (Å²) in [5.41, 5.74) is 2.70. The number of carbonyl (C=O) groups is 1. The van der Waals surface area contributed by atoms with Gasteiger partial charge in [0, 0.05) is 41.8 Å². The standard InChI is InChI=1S/C24H29NO6/c1-6-30-20-11-17-9-15(2)31-21(17)10-16(20)7-8-24(26)25-14-18-12-22(28-4)23(29-5)13-19(18)27-3/h7-8,10-13,15H,6,9,14H2,1-5H3,(H,25,26)/b8-7+/t15-/m1/s1. The van der Waals surface area contributed by atoms with Gasteiger partial charge >= 0.3 is 0 Å². The number of hydrogen-bond donors (Lipinski definition) is 1. The highest BCUT2D eigenvalue weighted by molar-refractivity contribution is 5.92. The lowest BCUT2D eigenvalue weighted by atomic mass is 10.1. The Morgan fingerprint density at radius 2 is 1.77 bits per heavy atom. The fourth-order valence-electron chi connectivity index (χ4n) is 3.50. The van der Waals surface area contributed by atoms with Crippen LogP contribution in [0.4, 0.5) is 0 Å². The summed E-state index contributed by atoms with van der Waals surface area (Å²) in [5, 5.41) is 2.87. The summed E-state index contributed by atoms with van der Waals surface area (Å²) in [6.45, 7) is 4.78. The second-order valence-electron chi connectivity index (χ2n) is 7.13. The van der Waals surface area contributed by atoms with Gasteiger partial charge in [0.05, 0.1) is 27.9 Å². The van der Waals surface area contributed by atoms with Crippen molar-refractivity contribution in [3.8, 4) is 28.7 Å². The minimum Gasteiger partial charge on any atom is -0.496 e. The number of nitrogens with one attached hydrogen (secondary N) is 1. The minimum absolute atomic E-state index is 0.142. The van der Waals surface area contributed by atoms with Gasteiger partial charge < -0.3 is 29.0 Å². The number of amides is 1. The van der Waals surface area contributed by atoms with Crippen molar-refractivity contribution in [1.29, 1.82) is 0 Å². The molecule has 2 aromatic carbocycles. The van der Waals surface area contributed by atoms with E-state index in [2.05, 4.69) is 5.32 Å². The lowest BCUT2D eigenvalue weighted by Gasteiger charge is -2.14. The Kier molecular flexibility index (Phi) is 7.28. The first-order chi connectivity index (χ1) is 15.0. The van der Waals surface area contributed by atoms with Gasteiger partial charge in [-0.15, -0.1) is 0 Å². The van der Waals surface area contributed by atoms with E-state index in [1.54, 1.807) is 39.5 Å². The van der Waals surface area contributed by atoms with E-state index in [4.69, 9.17) is 23.7 Å². The molecule has 1 N–H and O–H groups in total. The number of benzene rings is 2. The van der Waals surface area contributed by atoms with Crippen molar-refractivity contribution in [2.75, 3.05) is 27.9 Å². The molecule has 166 valence electrons. The molecule has 7 nitrogen and oxygen atoms in total. The summed E-state index contributed by atoms with van der Waals surface area (Å²) in [6, 6.07) is 7.43. The van der Waals surface area contributed by atoms with Gasteiger partial charge in [0.1, 0.15) is 23.4 Å². The summed E-state index contributed by atoms with van der Waals surface area (Å²) in [4.78, 5) is 12.5. The van der Waals surface area contributed by atoms with Gasteiger partial charge in [-0.25, -0.2) is 0 Å². The molecule has 1 aliphatic heterocycles. The molecule has 2 aromatic rings. The van der Waals surface area contributed by atoms with Crippen molar-refractivity contribution in [1.82, 2.24) is 5.32 Å². The predicted molar refractivity (Wildman–Crippen MR) is 118 cm³/mol. The smallest absolute Gasteiger partial charge is 0.244 e. The average molecular weight is 427 g/mol. The zero-order valence-corrected chi connectivity index (χ0v) is 18.6. The van der Waals surface area contributed by atoms with Crippen molar-refractivity contribution in [2.24, 2.45) is 0 Å². The van der Waals surface area contributed by atoms with E-state index in [1.807, 2.05) is 26.0 Å². The van der Waals surface area contributed by atoms with E-state index >= 15 is 0 Å². The predicted octanol–water partition coefficient (Wildman–Crippen LogP) is 3.76. The van der Waals surface area contributed by atoms with Gasteiger partial charge in [0.15, 0.2) is 11.5 Å². The van der Waals surface area contributed by atoms with E-state index in [0.717, 1.165) is 34.6 Å². The Bertz CT molecular complexity index is 969. The molecule has 0 saturated heterocycles. The molecule has 0 bridgehead atoms. The molecule has 0 unspecified atom stereocenters. The first kappa shape index (κ1) is 22.3. The van der Waals surface area contributed by atoms with E-state index < -0.39 is 0 Å². The largest absolute Gasteiger partial charge is 0.496 e. The number of hydrogen-bond acceptors (Lipinski definition) is 6. The van der Waals surface area contributed by atoms with Crippen LogP contribution in [0.2, 0.25) is 0 Å². The number of carbonyl (C=O) groups excluding carboxylic acids is 1. The first-order valence-corrected chi connectivity index (χ1v) is 10.2. The van der Waals surface area contributed by atoms with Crippen molar-refractivity contribution >= 4 is 12.0 Å². The van der Waals surface area contributed by atoms with E-state index in [0.29, 0.717) is 23.9 Å². The summed E-state index contributed by atoms with van der Waals surface area (Å²) in [7, 11) is 4.69. The lowest BCUT2D eigenvalue weighted by Crippen LogP contribution is -2.20. The highest BCUT2D eigenvalue weighted by atomic mass is 16.5. The molecule has 31 heavy (non-hydrogen) atoms. The Hall–Kier alpha value is -3.35. The van der Waals surface area contributed by atoms with Gasteiger partial charge in [0.2, 0.25) is 5.91 Å². The fraction of sp³-hybridized carbons (Fsp3) is 0.375. The van der Waals surface area contributed by atoms with Crippen LogP contribution in [0.25, 0.3) is 6.08 Å². The van der Waals surface area contributed by atoms with Gasteiger partial charge in [-0.3, -0.25) is 4.79 Å². The molecule has 7 heteroatoms. The van der Waals surface area contributed by atoms with Crippen molar-refractivity contribution in [2.45, 2.75) is 32.9 Å². The van der Waals surface area contributed by atoms with Crippen molar-refractivity contribution in [3.05, 3.63) is 47.0 Å². The number of rotatable bonds is 9. The van der Waals surface area contributed by atoms with Crippen LogP contribution in [0.5, 0.6) is 28.7 Å². The third-order valence-electron chi connectivity index (χ3n) is 4.98. The maximum Gasteiger partial charge on any atom is 0.244 e. The summed E-state index contributed by atoms with van der Waals surface area (Å²) < 4.78 is 27.6. The second kappa shape index (κ2) is 10.1. The summed E-state index contributed by atoms with van der Waals surface area (Å²) >= 11 is 0. The van der Waals surface area contributed by atoms with Crippen LogP contribution in [0.3, 0.4) is 0 Å². The van der Waals surface area contributed by atoms with Gasteiger partial charge in [-0.1, -0.05) is 0 Å². The van der Waals surface area contributed by atoms with Crippen LogP contribution in [0, 0.1) is 0 Å². The number of ether oxygens (including phenoxy) is 5. The Labute approximate surface area is 182 Å². The fourth-order valence-corrected chi connectivity index (χ4v) is 3.50. The van der Waals surface area contributed by atoms with Crippen LogP contribution in [-0.2, 0) is 17.8 Å². The third kappa shape index (κ3) is 5.23. The molecule has 3 rings (SSSR count). The molecular formula is C24H29NO6. The van der Waals surface area contributed by atoms with Crippen LogP contribution in [-0.4, -0.2) is 39.9 Å². The van der Waals surface area contributed by atoms with Crippen molar-refractivity contribution < 1.29 is 28.5 Å². The average Bonchev–Trinajstić information content (AvgIpc) is 3.14. The van der Waals surface area contributed by atoms with Gasteiger partial charge in [-0.05, 0) is 38.1 Å². The van der Waals surface area contributed by atoms with Gasteiger partial charge in [-0.2, -0.15) is 0 Å². The Morgan fingerprint density at radius 3 is 2.45 bits per heavy atom. The topological polar surface area (TPSA) is 75.3 Å². The molecule has 0 aromatic heterocycles. The van der Waals surface area contributed by atoms with Crippen LogP contribution >= 0.6 is 0 Å². The van der Waals surface area contributed by atoms with E-state index in [9.17, 15) is 4.79 Å². The molecule has 0 saturated carbocycles. The molecule has 0 fully saturated rings. The quantitative estimate of drug-likeness (QED) is 0.614. The molecule has 1 amide bonds. The Balaban J connectivity index is 1.72.